The third-order valence-corrected chi connectivity index (χ3v) is 5.56. The van der Waals surface area contributed by atoms with E-state index in [1.807, 2.05) is 24.3 Å². The Kier molecular flexibility index (Phi) is 7.02. The first-order valence-corrected chi connectivity index (χ1v) is 11.1. The predicted molar refractivity (Wildman–Crippen MR) is 122 cm³/mol. The van der Waals surface area contributed by atoms with Crippen molar-refractivity contribution in [3.8, 4) is 17.2 Å². The van der Waals surface area contributed by atoms with Crippen LogP contribution in [0.15, 0.2) is 48.2 Å². The molecule has 0 N–H and O–H groups in total. The van der Waals surface area contributed by atoms with Crippen LogP contribution in [-0.4, -0.2) is 17.9 Å². The molecule has 0 spiro atoms. The number of ether oxygens (including phenoxy) is 3. The minimum Gasteiger partial charge on any atom is -0.473 e. The van der Waals surface area contributed by atoms with Crippen LogP contribution < -0.4 is 14.2 Å². The van der Waals surface area contributed by atoms with Crippen molar-refractivity contribution < 1.29 is 45.8 Å². The van der Waals surface area contributed by atoms with Gasteiger partial charge in [0.05, 0.1) is 5.56 Å². The van der Waals surface area contributed by atoms with E-state index in [4.69, 9.17) is 9.47 Å². The molecule has 0 bridgehead atoms. The Bertz CT molecular complexity index is 1400. The van der Waals surface area contributed by atoms with Crippen LogP contribution in [0.4, 0.5) is 22.0 Å². The average molecular weight is 518 g/mol. The second-order valence-corrected chi connectivity index (χ2v) is 8.50. The molecule has 0 aromatic heterocycles. The number of hydrogen-bond acceptors (Lipinski definition) is 5. The van der Waals surface area contributed by atoms with Crippen molar-refractivity contribution in [2.75, 3.05) is 0 Å². The molecule has 4 rings (SSSR count). The SMILES string of the molecule is CC(Oc1c(F)c(F)c(F)c(F)c1F)C(=O)Oc1ccc2c(c1)O/C(=C\c1ccc(C(C)C)cc1)C2=O. The van der Waals surface area contributed by atoms with E-state index >= 15 is 0 Å². The van der Waals surface area contributed by atoms with Crippen molar-refractivity contribution in [2.45, 2.75) is 32.8 Å². The first kappa shape index (κ1) is 25.9. The van der Waals surface area contributed by atoms with Crippen molar-refractivity contribution >= 4 is 17.8 Å². The van der Waals surface area contributed by atoms with Crippen LogP contribution >= 0.6 is 0 Å². The molecule has 0 aliphatic carbocycles. The second kappa shape index (κ2) is 10.0. The number of carbonyl (C=O) groups excluding carboxylic acids is 2. The summed E-state index contributed by atoms with van der Waals surface area (Å²) in [7, 11) is 0. The highest BCUT2D eigenvalue weighted by atomic mass is 19.2. The lowest BCUT2D eigenvalue weighted by Crippen LogP contribution is -2.29. The molecule has 1 unspecified atom stereocenters. The van der Waals surface area contributed by atoms with E-state index in [0.717, 1.165) is 18.1 Å². The topological polar surface area (TPSA) is 61.8 Å². The fourth-order valence-corrected chi connectivity index (χ4v) is 3.47. The Morgan fingerprint density at radius 3 is 2.05 bits per heavy atom. The quantitative estimate of drug-likeness (QED) is 0.0932. The number of benzene rings is 3. The summed E-state index contributed by atoms with van der Waals surface area (Å²) >= 11 is 0. The van der Waals surface area contributed by atoms with Crippen LogP contribution in [0.3, 0.4) is 0 Å². The van der Waals surface area contributed by atoms with Gasteiger partial charge in [-0.15, -0.1) is 0 Å². The highest BCUT2D eigenvalue weighted by Crippen LogP contribution is 2.35. The van der Waals surface area contributed by atoms with Crippen LogP contribution in [0.2, 0.25) is 0 Å². The molecule has 0 radical (unpaired) electrons. The number of ketones is 1. The molecule has 0 fully saturated rings. The lowest BCUT2D eigenvalue weighted by Gasteiger charge is -2.15. The van der Waals surface area contributed by atoms with Crippen LogP contribution in [0.1, 0.15) is 48.2 Å². The molecule has 3 aromatic rings. The highest BCUT2D eigenvalue weighted by molar-refractivity contribution is 6.14. The van der Waals surface area contributed by atoms with Crippen molar-refractivity contribution in [2.24, 2.45) is 0 Å². The highest BCUT2D eigenvalue weighted by Gasteiger charge is 2.31. The minimum absolute atomic E-state index is 0.0544. The summed E-state index contributed by atoms with van der Waals surface area (Å²) in [6.07, 6.45) is -0.189. The number of carbonyl (C=O) groups is 2. The van der Waals surface area contributed by atoms with Crippen molar-refractivity contribution in [1.29, 1.82) is 0 Å². The molecular weight excluding hydrogens is 499 g/mol. The zero-order chi connectivity index (χ0) is 27.0. The summed E-state index contributed by atoms with van der Waals surface area (Å²) in [5, 5.41) is 0. The Balaban J connectivity index is 1.48. The fraction of sp³-hybridized carbons (Fsp3) is 0.185. The maximum Gasteiger partial charge on any atom is 0.352 e. The predicted octanol–water partition coefficient (Wildman–Crippen LogP) is 6.49. The Morgan fingerprint density at radius 1 is 0.865 bits per heavy atom. The average Bonchev–Trinajstić information content (AvgIpc) is 3.18. The Labute approximate surface area is 208 Å². The molecule has 37 heavy (non-hydrogen) atoms. The standard InChI is InChI=1S/C27H19F5O5/c1-12(2)15-6-4-14(5-7-15)10-19-25(33)17-9-8-16(11-18(17)37-19)36-27(34)13(3)35-26-23(31)21(29)20(28)22(30)24(26)32/h4-13H,1-3H3/b19-10-. The number of rotatable bonds is 6. The molecule has 1 atom stereocenters. The smallest absolute Gasteiger partial charge is 0.352 e. The number of Topliss-reactive ketones (excluding diaryl/α,β-unsaturated/α-hetero) is 1. The molecule has 1 aliphatic heterocycles. The van der Waals surface area contributed by atoms with Crippen molar-refractivity contribution in [3.05, 3.63) is 94.0 Å². The lowest BCUT2D eigenvalue weighted by atomic mass is 10.0. The van der Waals surface area contributed by atoms with Gasteiger partial charge in [0, 0.05) is 6.07 Å². The molecule has 5 nitrogen and oxygen atoms in total. The van der Waals surface area contributed by atoms with Gasteiger partial charge in [-0.25, -0.2) is 18.0 Å². The van der Waals surface area contributed by atoms with Crippen LogP contribution in [-0.2, 0) is 4.79 Å². The van der Waals surface area contributed by atoms with Gasteiger partial charge < -0.3 is 14.2 Å². The number of hydrogen-bond donors (Lipinski definition) is 0. The summed E-state index contributed by atoms with van der Waals surface area (Å²) in [6.45, 7) is 5.12. The number of halogens is 5. The van der Waals surface area contributed by atoms with Crippen LogP contribution in [0.25, 0.3) is 6.08 Å². The van der Waals surface area contributed by atoms with Gasteiger partial charge in [0.1, 0.15) is 11.5 Å². The summed E-state index contributed by atoms with van der Waals surface area (Å²) in [5.74, 6) is -14.0. The monoisotopic (exact) mass is 518 g/mol. The molecule has 10 heteroatoms. The van der Waals surface area contributed by atoms with E-state index in [0.29, 0.717) is 5.92 Å². The van der Waals surface area contributed by atoms with Gasteiger partial charge in [-0.1, -0.05) is 38.1 Å². The Morgan fingerprint density at radius 2 is 1.46 bits per heavy atom. The minimum atomic E-state index is -2.36. The zero-order valence-corrected chi connectivity index (χ0v) is 19.7. The lowest BCUT2D eigenvalue weighted by molar-refractivity contribution is -0.141. The van der Waals surface area contributed by atoms with Crippen LogP contribution in [0, 0.1) is 29.1 Å². The molecule has 3 aromatic carbocycles. The number of fused-ring (bicyclic) bond motifs is 1. The summed E-state index contributed by atoms with van der Waals surface area (Å²) < 4.78 is 83.0. The fourth-order valence-electron chi connectivity index (χ4n) is 3.47. The van der Waals surface area contributed by atoms with Gasteiger partial charge in [0.2, 0.25) is 34.9 Å². The maximum absolute atomic E-state index is 13.8. The van der Waals surface area contributed by atoms with E-state index in [1.165, 1.54) is 18.2 Å². The second-order valence-electron chi connectivity index (χ2n) is 8.50. The zero-order valence-electron chi connectivity index (χ0n) is 19.7. The summed E-state index contributed by atoms with van der Waals surface area (Å²) in [6, 6.07) is 11.5. The van der Waals surface area contributed by atoms with E-state index < -0.39 is 46.9 Å². The van der Waals surface area contributed by atoms with E-state index in [-0.39, 0.29) is 28.6 Å². The molecule has 0 saturated heterocycles. The van der Waals surface area contributed by atoms with E-state index in [2.05, 4.69) is 18.6 Å². The number of esters is 1. The third kappa shape index (κ3) is 5.04. The third-order valence-electron chi connectivity index (χ3n) is 5.56. The summed E-state index contributed by atoms with van der Waals surface area (Å²) in [4.78, 5) is 25.0. The number of allylic oxidation sites excluding steroid dienone is 1. The van der Waals surface area contributed by atoms with Gasteiger partial charge in [-0.3, -0.25) is 4.79 Å². The van der Waals surface area contributed by atoms with Crippen molar-refractivity contribution in [1.82, 2.24) is 0 Å². The van der Waals surface area contributed by atoms with Gasteiger partial charge in [0.25, 0.3) is 0 Å². The maximum atomic E-state index is 13.8. The summed E-state index contributed by atoms with van der Waals surface area (Å²) in [5.41, 5.74) is 2.09. The van der Waals surface area contributed by atoms with Crippen molar-refractivity contribution in [3.63, 3.8) is 0 Å². The molecule has 1 heterocycles. The molecule has 0 amide bonds. The van der Waals surface area contributed by atoms with Crippen LogP contribution in [0.5, 0.6) is 17.2 Å². The van der Waals surface area contributed by atoms with Gasteiger partial charge >= 0.3 is 5.97 Å². The molecular formula is C27H19F5O5. The molecule has 1 aliphatic rings. The van der Waals surface area contributed by atoms with Gasteiger partial charge in [-0.05, 0) is 42.2 Å². The van der Waals surface area contributed by atoms with E-state index in [9.17, 15) is 31.5 Å². The van der Waals surface area contributed by atoms with Gasteiger partial charge in [-0.2, -0.15) is 8.78 Å². The molecule has 0 saturated carbocycles. The Hall–Kier alpha value is -4.21. The normalized spacial score (nSPS) is 14.5. The van der Waals surface area contributed by atoms with Gasteiger partial charge in [0.15, 0.2) is 17.6 Å². The largest absolute Gasteiger partial charge is 0.473 e. The molecule has 192 valence electrons. The first-order valence-electron chi connectivity index (χ1n) is 11.1. The van der Waals surface area contributed by atoms with E-state index in [1.54, 1.807) is 6.08 Å². The first-order chi connectivity index (χ1) is 17.5.